The SMILES string of the molecule is CCCCCCCCN=C1N=C(N)N(Cc2ccc(Cl)cc2)C(C)(C)N1. The number of halogens is 1. The minimum atomic E-state index is -0.356. The Balaban J connectivity index is 1.92. The Hall–Kier alpha value is -1.75. The highest BCUT2D eigenvalue weighted by Gasteiger charge is 2.33. The van der Waals surface area contributed by atoms with Gasteiger partial charge in [0, 0.05) is 18.1 Å². The zero-order valence-corrected chi connectivity index (χ0v) is 17.0. The molecule has 0 atom stereocenters. The van der Waals surface area contributed by atoms with Crippen molar-refractivity contribution in [2.24, 2.45) is 15.7 Å². The molecular weight excluding hydrogens is 346 g/mol. The highest BCUT2D eigenvalue weighted by Crippen LogP contribution is 2.20. The summed E-state index contributed by atoms with van der Waals surface area (Å²) < 4.78 is 0. The lowest BCUT2D eigenvalue weighted by atomic mass is 10.1. The summed E-state index contributed by atoms with van der Waals surface area (Å²) in [6, 6.07) is 7.80. The molecule has 1 aliphatic rings. The van der Waals surface area contributed by atoms with Crippen LogP contribution in [0.3, 0.4) is 0 Å². The largest absolute Gasteiger partial charge is 0.369 e. The molecule has 5 nitrogen and oxygen atoms in total. The summed E-state index contributed by atoms with van der Waals surface area (Å²) in [5.74, 6) is 1.12. The van der Waals surface area contributed by atoms with Crippen molar-refractivity contribution in [2.75, 3.05) is 6.54 Å². The number of nitrogens with zero attached hydrogens (tertiary/aromatic N) is 3. The van der Waals surface area contributed by atoms with Crippen LogP contribution in [0.5, 0.6) is 0 Å². The van der Waals surface area contributed by atoms with E-state index in [2.05, 4.69) is 36.1 Å². The number of rotatable bonds is 9. The Morgan fingerprint density at radius 1 is 1.12 bits per heavy atom. The number of hydrogen-bond acceptors (Lipinski definition) is 3. The van der Waals surface area contributed by atoms with Gasteiger partial charge in [-0.05, 0) is 38.0 Å². The molecule has 1 aromatic carbocycles. The molecule has 0 amide bonds. The summed E-state index contributed by atoms with van der Waals surface area (Å²) in [4.78, 5) is 11.1. The van der Waals surface area contributed by atoms with Gasteiger partial charge in [-0.1, -0.05) is 62.8 Å². The van der Waals surface area contributed by atoms with Crippen LogP contribution in [0, 0.1) is 0 Å². The number of hydrogen-bond donors (Lipinski definition) is 2. The number of aliphatic imine (C=N–C) groups is 2. The van der Waals surface area contributed by atoms with E-state index in [1.165, 1.54) is 32.1 Å². The highest BCUT2D eigenvalue weighted by atomic mass is 35.5. The van der Waals surface area contributed by atoms with Crippen LogP contribution >= 0.6 is 11.6 Å². The second-order valence-corrected chi connectivity index (χ2v) is 7.78. The molecule has 6 heteroatoms. The zero-order valence-electron chi connectivity index (χ0n) is 16.3. The highest BCUT2D eigenvalue weighted by molar-refractivity contribution is 6.30. The maximum atomic E-state index is 6.24. The Morgan fingerprint density at radius 3 is 2.42 bits per heavy atom. The first kappa shape index (κ1) is 20.6. The van der Waals surface area contributed by atoms with E-state index in [9.17, 15) is 0 Å². The third-order valence-corrected chi connectivity index (χ3v) is 4.87. The summed E-state index contributed by atoms with van der Waals surface area (Å²) in [5.41, 5.74) is 7.02. The molecule has 3 N–H and O–H groups in total. The van der Waals surface area contributed by atoms with Crippen LogP contribution in [0.2, 0.25) is 5.02 Å². The first-order valence-electron chi connectivity index (χ1n) is 9.61. The predicted octanol–water partition coefficient (Wildman–Crippen LogP) is 4.51. The second kappa shape index (κ2) is 9.81. The average Bonchev–Trinajstić information content (AvgIpc) is 2.58. The van der Waals surface area contributed by atoms with Gasteiger partial charge in [0.2, 0.25) is 11.9 Å². The fourth-order valence-electron chi connectivity index (χ4n) is 3.03. The third kappa shape index (κ3) is 6.20. The monoisotopic (exact) mass is 377 g/mol. The molecule has 0 unspecified atom stereocenters. The molecule has 0 fully saturated rings. The van der Waals surface area contributed by atoms with E-state index in [0.717, 1.165) is 23.6 Å². The van der Waals surface area contributed by atoms with Gasteiger partial charge in [-0.3, -0.25) is 4.99 Å². The van der Waals surface area contributed by atoms with Crippen molar-refractivity contribution >= 4 is 23.5 Å². The molecule has 1 heterocycles. The molecule has 0 aromatic heterocycles. The zero-order chi connectivity index (χ0) is 19.0. The van der Waals surface area contributed by atoms with Crippen LogP contribution in [0.25, 0.3) is 0 Å². The molecule has 0 spiro atoms. The van der Waals surface area contributed by atoms with Crippen LogP contribution in [0.15, 0.2) is 34.3 Å². The van der Waals surface area contributed by atoms with E-state index in [4.69, 9.17) is 17.3 Å². The van der Waals surface area contributed by atoms with Gasteiger partial charge in [0.05, 0.1) is 0 Å². The van der Waals surface area contributed by atoms with Gasteiger partial charge in [0.25, 0.3) is 0 Å². The molecule has 144 valence electrons. The van der Waals surface area contributed by atoms with Gasteiger partial charge in [-0.15, -0.1) is 0 Å². The first-order valence-corrected chi connectivity index (χ1v) is 9.99. The van der Waals surface area contributed by atoms with E-state index in [0.29, 0.717) is 18.5 Å². The first-order chi connectivity index (χ1) is 12.4. The van der Waals surface area contributed by atoms with Crippen molar-refractivity contribution in [2.45, 2.75) is 71.5 Å². The van der Waals surface area contributed by atoms with Crippen LogP contribution in [0.1, 0.15) is 64.9 Å². The van der Waals surface area contributed by atoms with Crippen molar-refractivity contribution in [1.82, 2.24) is 10.2 Å². The van der Waals surface area contributed by atoms with Gasteiger partial charge < -0.3 is 16.0 Å². The van der Waals surface area contributed by atoms with E-state index in [1.807, 2.05) is 29.2 Å². The van der Waals surface area contributed by atoms with Crippen molar-refractivity contribution in [1.29, 1.82) is 0 Å². The van der Waals surface area contributed by atoms with Crippen molar-refractivity contribution in [3.63, 3.8) is 0 Å². The van der Waals surface area contributed by atoms with Crippen molar-refractivity contribution < 1.29 is 0 Å². The normalized spacial score (nSPS) is 17.9. The second-order valence-electron chi connectivity index (χ2n) is 7.34. The summed E-state index contributed by atoms with van der Waals surface area (Å²) in [6.45, 7) is 7.87. The number of nitrogens with two attached hydrogens (primary N) is 1. The maximum absolute atomic E-state index is 6.24. The van der Waals surface area contributed by atoms with Gasteiger partial charge in [-0.2, -0.15) is 4.99 Å². The van der Waals surface area contributed by atoms with Crippen LogP contribution in [0.4, 0.5) is 0 Å². The van der Waals surface area contributed by atoms with Crippen molar-refractivity contribution in [3.8, 4) is 0 Å². The quantitative estimate of drug-likeness (QED) is 0.622. The molecule has 0 bridgehead atoms. The van der Waals surface area contributed by atoms with E-state index < -0.39 is 0 Å². The summed E-state index contributed by atoms with van der Waals surface area (Å²) in [5, 5.41) is 4.13. The average molecular weight is 378 g/mol. The Bertz CT molecular complexity index is 622. The molecule has 0 radical (unpaired) electrons. The Kier molecular flexibility index (Phi) is 7.76. The van der Waals surface area contributed by atoms with Gasteiger partial charge in [-0.25, -0.2) is 0 Å². The van der Waals surface area contributed by atoms with Gasteiger partial charge in [0.1, 0.15) is 5.66 Å². The number of benzene rings is 1. The van der Waals surface area contributed by atoms with E-state index >= 15 is 0 Å². The lowest BCUT2D eigenvalue weighted by molar-refractivity contribution is 0.178. The number of nitrogens with one attached hydrogen (secondary N) is 1. The minimum Gasteiger partial charge on any atom is -0.369 e. The standard InChI is InChI=1S/C20H32ClN5/c1-4-5-6-7-8-9-14-23-19-24-18(22)26(20(2,3)25-19)15-16-10-12-17(21)13-11-16/h10-13H,4-9,14-15H2,1-3H3,(H3,22,23,24,25). The molecule has 26 heavy (non-hydrogen) atoms. The summed E-state index contributed by atoms with van der Waals surface area (Å²) >= 11 is 5.96. The lowest BCUT2D eigenvalue weighted by Gasteiger charge is -2.43. The maximum Gasteiger partial charge on any atom is 0.223 e. The summed E-state index contributed by atoms with van der Waals surface area (Å²) in [6.07, 6.45) is 7.54. The number of guanidine groups is 2. The third-order valence-electron chi connectivity index (χ3n) is 4.62. The molecular formula is C20H32ClN5. The van der Waals surface area contributed by atoms with E-state index in [1.54, 1.807) is 0 Å². The lowest BCUT2D eigenvalue weighted by Crippen LogP contribution is -2.63. The minimum absolute atomic E-state index is 0.356. The van der Waals surface area contributed by atoms with Crippen LogP contribution < -0.4 is 11.1 Å². The van der Waals surface area contributed by atoms with Gasteiger partial charge >= 0.3 is 0 Å². The van der Waals surface area contributed by atoms with Crippen LogP contribution in [-0.2, 0) is 6.54 Å². The molecule has 0 aliphatic carbocycles. The smallest absolute Gasteiger partial charge is 0.223 e. The fraction of sp³-hybridized carbons (Fsp3) is 0.600. The van der Waals surface area contributed by atoms with Crippen molar-refractivity contribution in [3.05, 3.63) is 34.9 Å². The molecule has 1 aromatic rings. The fourth-order valence-corrected chi connectivity index (χ4v) is 3.15. The van der Waals surface area contributed by atoms with E-state index in [-0.39, 0.29) is 5.66 Å². The predicted molar refractivity (Wildman–Crippen MR) is 112 cm³/mol. The molecule has 0 saturated heterocycles. The van der Waals surface area contributed by atoms with Crippen LogP contribution in [-0.4, -0.2) is 29.0 Å². The Labute approximate surface area is 162 Å². The summed E-state index contributed by atoms with van der Waals surface area (Å²) in [7, 11) is 0. The molecule has 1 aliphatic heterocycles. The Morgan fingerprint density at radius 2 is 1.77 bits per heavy atom. The van der Waals surface area contributed by atoms with Gasteiger partial charge in [0.15, 0.2) is 0 Å². The molecule has 2 rings (SSSR count). The molecule has 0 saturated carbocycles. The number of unbranched alkanes of at least 4 members (excludes halogenated alkanes) is 5. The topological polar surface area (TPSA) is 66.0 Å².